The summed E-state index contributed by atoms with van der Waals surface area (Å²) in [5.41, 5.74) is 0.928. The van der Waals surface area contributed by atoms with Crippen molar-refractivity contribution in [3.05, 3.63) is 94.8 Å². The predicted octanol–water partition coefficient (Wildman–Crippen LogP) is 4.43. The van der Waals surface area contributed by atoms with Gasteiger partial charge in [-0.15, -0.1) is 0 Å². The summed E-state index contributed by atoms with van der Waals surface area (Å²) >= 11 is 0. The zero-order valence-electron chi connectivity index (χ0n) is 14.1. The highest BCUT2D eigenvalue weighted by molar-refractivity contribution is 6.02. The van der Waals surface area contributed by atoms with E-state index in [-0.39, 0.29) is 17.1 Å². The van der Waals surface area contributed by atoms with Crippen molar-refractivity contribution >= 4 is 23.4 Å². The fourth-order valence-corrected chi connectivity index (χ4v) is 2.28. The van der Waals surface area contributed by atoms with E-state index in [4.69, 9.17) is 4.74 Å². The maximum atomic E-state index is 12.1. The maximum absolute atomic E-state index is 12.1. The SMILES string of the molecule is O=C(/C=C\c1ccccc1)Nc1cc(Oc2cccnc2)cc([N+](=O)[O-])c1. The van der Waals surface area contributed by atoms with Gasteiger partial charge in [0.25, 0.3) is 5.69 Å². The first-order valence-electron chi connectivity index (χ1n) is 8.01. The van der Waals surface area contributed by atoms with E-state index in [1.807, 2.05) is 30.3 Å². The van der Waals surface area contributed by atoms with Crippen molar-refractivity contribution in [2.24, 2.45) is 0 Å². The largest absolute Gasteiger partial charge is 0.455 e. The number of non-ortho nitro benzene ring substituents is 1. The molecule has 27 heavy (non-hydrogen) atoms. The number of anilines is 1. The summed E-state index contributed by atoms with van der Waals surface area (Å²) in [4.78, 5) is 26.7. The zero-order valence-corrected chi connectivity index (χ0v) is 14.1. The van der Waals surface area contributed by atoms with E-state index in [0.717, 1.165) is 5.56 Å². The molecule has 0 aliphatic carbocycles. The third kappa shape index (κ3) is 5.23. The molecule has 7 heteroatoms. The van der Waals surface area contributed by atoms with Crippen molar-refractivity contribution in [3.8, 4) is 11.5 Å². The molecule has 3 rings (SSSR count). The smallest absolute Gasteiger partial charge is 0.275 e. The lowest BCUT2D eigenvalue weighted by molar-refractivity contribution is -0.384. The third-order valence-electron chi connectivity index (χ3n) is 3.47. The number of benzene rings is 2. The topological polar surface area (TPSA) is 94.4 Å². The average Bonchev–Trinajstić information content (AvgIpc) is 2.68. The number of hydrogen-bond acceptors (Lipinski definition) is 5. The molecule has 1 heterocycles. The lowest BCUT2D eigenvalue weighted by atomic mass is 10.2. The Hall–Kier alpha value is -4.00. The van der Waals surface area contributed by atoms with E-state index < -0.39 is 10.8 Å². The number of pyridine rings is 1. The Balaban J connectivity index is 1.78. The van der Waals surface area contributed by atoms with Crippen LogP contribution in [-0.4, -0.2) is 15.8 Å². The minimum Gasteiger partial charge on any atom is -0.455 e. The molecule has 0 saturated carbocycles. The van der Waals surface area contributed by atoms with Crippen LogP contribution < -0.4 is 10.1 Å². The van der Waals surface area contributed by atoms with Gasteiger partial charge in [0.2, 0.25) is 5.91 Å². The Morgan fingerprint density at radius 3 is 2.59 bits per heavy atom. The monoisotopic (exact) mass is 361 g/mol. The van der Waals surface area contributed by atoms with E-state index in [9.17, 15) is 14.9 Å². The van der Waals surface area contributed by atoms with Crippen molar-refractivity contribution < 1.29 is 14.5 Å². The Morgan fingerprint density at radius 2 is 1.89 bits per heavy atom. The molecule has 0 spiro atoms. The van der Waals surface area contributed by atoms with Crippen LogP contribution in [0.4, 0.5) is 11.4 Å². The van der Waals surface area contributed by atoms with Crippen molar-refractivity contribution in [1.82, 2.24) is 4.98 Å². The lowest BCUT2D eigenvalue weighted by Gasteiger charge is -2.08. The second-order valence-electron chi connectivity index (χ2n) is 5.50. The van der Waals surface area contributed by atoms with Gasteiger partial charge in [-0.3, -0.25) is 19.9 Å². The molecule has 3 aromatic rings. The summed E-state index contributed by atoms with van der Waals surface area (Å²) < 4.78 is 5.58. The number of nitro groups is 1. The molecule has 0 unspecified atom stereocenters. The number of nitro benzene ring substituents is 1. The Bertz CT molecular complexity index is 973. The van der Waals surface area contributed by atoms with Crippen LogP contribution in [0.25, 0.3) is 6.08 Å². The molecule has 0 radical (unpaired) electrons. The highest BCUT2D eigenvalue weighted by Crippen LogP contribution is 2.29. The van der Waals surface area contributed by atoms with E-state index >= 15 is 0 Å². The average molecular weight is 361 g/mol. The van der Waals surface area contributed by atoms with Gasteiger partial charge in [0.1, 0.15) is 11.5 Å². The van der Waals surface area contributed by atoms with Gasteiger partial charge in [0.05, 0.1) is 22.9 Å². The summed E-state index contributed by atoms with van der Waals surface area (Å²) in [6.07, 6.45) is 6.08. The number of aromatic nitrogens is 1. The predicted molar refractivity (Wildman–Crippen MR) is 102 cm³/mol. The number of nitrogens with one attached hydrogen (secondary N) is 1. The molecular weight excluding hydrogens is 346 g/mol. The van der Waals surface area contributed by atoms with Crippen LogP contribution in [0.1, 0.15) is 5.56 Å². The first kappa shape index (κ1) is 17.8. The van der Waals surface area contributed by atoms with Crippen LogP contribution in [0.2, 0.25) is 0 Å². The van der Waals surface area contributed by atoms with Gasteiger partial charge >= 0.3 is 0 Å². The summed E-state index contributed by atoms with van der Waals surface area (Å²) in [5.74, 6) is 0.241. The number of rotatable bonds is 6. The fourth-order valence-electron chi connectivity index (χ4n) is 2.28. The van der Waals surface area contributed by atoms with Crippen LogP contribution in [0, 0.1) is 10.1 Å². The number of nitrogens with zero attached hydrogens (tertiary/aromatic N) is 2. The van der Waals surface area contributed by atoms with Gasteiger partial charge in [-0.25, -0.2) is 0 Å². The third-order valence-corrected chi connectivity index (χ3v) is 3.47. The quantitative estimate of drug-likeness (QED) is 0.398. The minimum atomic E-state index is -0.550. The molecule has 0 bridgehead atoms. The van der Waals surface area contributed by atoms with Gasteiger partial charge < -0.3 is 10.1 Å². The minimum absolute atomic E-state index is 0.196. The Labute approximate surface area is 155 Å². The maximum Gasteiger partial charge on any atom is 0.275 e. The molecule has 0 aliphatic heterocycles. The molecule has 1 amide bonds. The normalized spacial score (nSPS) is 10.5. The van der Waals surface area contributed by atoms with Crippen molar-refractivity contribution in [2.45, 2.75) is 0 Å². The molecule has 0 aliphatic rings. The van der Waals surface area contributed by atoms with Gasteiger partial charge in [0.15, 0.2) is 0 Å². The highest BCUT2D eigenvalue weighted by Gasteiger charge is 2.12. The van der Waals surface area contributed by atoms with E-state index in [0.29, 0.717) is 5.75 Å². The number of hydrogen-bond donors (Lipinski definition) is 1. The van der Waals surface area contributed by atoms with E-state index in [2.05, 4.69) is 10.3 Å². The van der Waals surface area contributed by atoms with Crippen LogP contribution >= 0.6 is 0 Å². The first-order valence-corrected chi connectivity index (χ1v) is 8.01. The fraction of sp³-hybridized carbons (Fsp3) is 0. The van der Waals surface area contributed by atoms with Crippen LogP contribution in [0.3, 0.4) is 0 Å². The van der Waals surface area contributed by atoms with Gasteiger partial charge in [0, 0.05) is 24.4 Å². The summed E-state index contributed by atoms with van der Waals surface area (Å²) in [6, 6.07) is 16.7. The number of ether oxygens (including phenoxy) is 1. The molecule has 1 aromatic heterocycles. The van der Waals surface area contributed by atoms with E-state index in [1.54, 1.807) is 24.4 Å². The molecule has 0 fully saturated rings. The van der Waals surface area contributed by atoms with Crippen molar-refractivity contribution in [3.63, 3.8) is 0 Å². The highest BCUT2D eigenvalue weighted by atomic mass is 16.6. The van der Waals surface area contributed by atoms with Gasteiger partial charge in [-0.05, 0) is 23.8 Å². The van der Waals surface area contributed by atoms with Crippen LogP contribution in [-0.2, 0) is 4.79 Å². The van der Waals surface area contributed by atoms with Crippen LogP contribution in [0.15, 0.2) is 79.1 Å². The van der Waals surface area contributed by atoms with E-state index in [1.165, 1.54) is 30.5 Å². The number of carbonyl (C=O) groups excluding carboxylic acids is 1. The Morgan fingerprint density at radius 1 is 1.07 bits per heavy atom. The van der Waals surface area contributed by atoms with Crippen molar-refractivity contribution in [2.75, 3.05) is 5.32 Å². The molecule has 2 aromatic carbocycles. The molecular formula is C20H15N3O4. The van der Waals surface area contributed by atoms with Gasteiger partial charge in [-0.2, -0.15) is 0 Å². The molecule has 7 nitrogen and oxygen atoms in total. The summed E-state index contributed by atoms with van der Waals surface area (Å²) in [7, 11) is 0. The number of carbonyl (C=O) groups is 1. The Kier molecular flexibility index (Phi) is 5.54. The zero-order chi connectivity index (χ0) is 19.1. The lowest BCUT2D eigenvalue weighted by Crippen LogP contribution is -2.08. The standard InChI is InChI=1S/C20H15N3O4/c24-20(9-8-15-5-2-1-3-6-15)22-16-11-17(23(25)26)13-19(12-16)27-18-7-4-10-21-14-18/h1-14H,(H,22,24)/b9-8-. The summed E-state index contributed by atoms with van der Waals surface area (Å²) in [5, 5.41) is 13.8. The second kappa shape index (κ2) is 8.39. The molecule has 0 saturated heterocycles. The summed E-state index contributed by atoms with van der Waals surface area (Å²) in [6.45, 7) is 0. The van der Waals surface area contributed by atoms with Crippen molar-refractivity contribution in [1.29, 1.82) is 0 Å². The second-order valence-corrected chi connectivity index (χ2v) is 5.50. The molecule has 134 valence electrons. The molecule has 1 N–H and O–H groups in total. The first-order chi connectivity index (χ1) is 13.1. The molecule has 0 atom stereocenters. The van der Waals surface area contributed by atoms with Gasteiger partial charge in [-0.1, -0.05) is 30.3 Å². The van der Waals surface area contributed by atoms with Crippen LogP contribution in [0.5, 0.6) is 11.5 Å². The number of amides is 1.